The number of hydrogen-bond acceptors (Lipinski definition) is 5. The van der Waals surface area contributed by atoms with E-state index in [1.807, 2.05) is 0 Å². The smallest absolute Gasteiger partial charge is 0.328 e. The van der Waals surface area contributed by atoms with Gasteiger partial charge in [-0.1, -0.05) is 0 Å². The Labute approximate surface area is 113 Å². The van der Waals surface area contributed by atoms with Crippen LogP contribution in [0, 0.1) is 0 Å². The second-order valence-corrected chi connectivity index (χ2v) is 5.26. The van der Waals surface area contributed by atoms with Gasteiger partial charge in [0.25, 0.3) is 0 Å². The summed E-state index contributed by atoms with van der Waals surface area (Å²) >= 11 is 0. The number of hydrogen-bond donors (Lipinski definition) is 3. The molecule has 0 rings (SSSR count). The first-order valence-electron chi connectivity index (χ1n) is 6.09. The van der Waals surface area contributed by atoms with E-state index in [2.05, 4.69) is 10.6 Å². The molecule has 110 valence electrons. The number of ether oxygens (including phenoxy) is 1. The van der Waals surface area contributed by atoms with Crippen molar-refractivity contribution in [2.24, 2.45) is 5.73 Å². The topological polar surface area (TPSA) is 111 Å². The summed E-state index contributed by atoms with van der Waals surface area (Å²) in [5.74, 6) is -1.44. The predicted molar refractivity (Wildman–Crippen MR) is 70.1 cm³/mol. The summed E-state index contributed by atoms with van der Waals surface area (Å²) in [4.78, 5) is 34.4. The lowest BCUT2D eigenvalue weighted by atomic mass is 10.2. The zero-order valence-electron chi connectivity index (χ0n) is 12.1. The Morgan fingerprint density at radius 1 is 1.11 bits per heavy atom. The van der Waals surface area contributed by atoms with Crippen molar-refractivity contribution in [3.8, 4) is 0 Å². The van der Waals surface area contributed by atoms with Crippen LogP contribution in [0.2, 0.25) is 0 Å². The van der Waals surface area contributed by atoms with Gasteiger partial charge in [0, 0.05) is 0 Å². The van der Waals surface area contributed by atoms with Gasteiger partial charge in [-0.05, 0) is 34.6 Å². The first-order valence-corrected chi connectivity index (χ1v) is 6.09. The maximum Gasteiger partial charge on any atom is 0.328 e. The molecule has 0 aliphatic heterocycles. The fraction of sp³-hybridized carbons (Fsp3) is 0.750. The minimum absolute atomic E-state index is 0.195. The van der Waals surface area contributed by atoms with Crippen LogP contribution in [0.3, 0.4) is 0 Å². The lowest BCUT2D eigenvalue weighted by Crippen LogP contribution is -2.51. The highest BCUT2D eigenvalue weighted by Gasteiger charge is 2.24. The Kier molecular flexibility index (Phi) is 6.47. The molecular formula is C12H23N3O4. The van der Waals surface area contributed by atoms with Crippen molar-refractivity contribution in [1.29, 1.82) is 0 Å². The molecule has 19 heavy (non-hydrogen) atoms. The Bertz CT molecular complexity index is 349. The average Bonchev–Trinajstić information content (AvgIpc) is 2.26. The van der Waals surface area contributed by atoms with Gasteiger partial charge >= 0.3 is 5.97 Å². The molecule has 0 saturated heterocycles. The lowest BCUT2D eigenvalue weighted by Gasteiger charge is -2.23. The van der Waals surface area contributed by atoms with E-state index < -0.39 is 35.5 Å². The van der Waals surface area contributed by atoms with E-state index in [-0.39, 0.29) is 6.54 Å². The van der Waals surface area contributed by atoms with Gasteiger partial charge in [-0.25, -0.2) is 4.79 Å². The highest BCUT2D eigenvalue weighted by Crippen LogP contribution is 2.08. The van der Waals surface area contributed by atoms with Gasteiger partial charge in [-0.2, -0.15) is 0 Å². The Balaban J connectivity index is 4.32. The number of nitrogens with two attached hydrogens (primary N) is 1. The van der Waals surface area contributed by atoms with Gasteiger partial charge in [-0.15, -0.1) is 0 Å². The summed E-state index contributed by atoms with van der Waals surface area (Å²) in [6, 6.07) is -1.55. The number of nitrogens with one attached hydrogen (secondary N) is 2. The molecule has 0 heterocycles. The van der Waals surface area contributed by atoms with Crippen LogP contribution < -0.4 is 16.4 Å². The van der Waals surface area contributed by atoms with Crippen LogP contribution in [0.5, 0.6) is 0 Å². The standard InChI is InChI=1S/C12H23N3O4/c1-7(14-9(16)6-13)10(17)15-8(2)11(18)19-12(3,4)5/h7-8H,6,13H2,1-5H3,(H,14,16)(H,15,17)/t7-,8-/m1/s1. The maximum absolute atomic E-state index is 11.7. The molecule has 0 aliphatic carbocycles. The normalized spacial score (nSPS) is 14.2. The monoisotopic (exact) mass is 273 g/mol. The predicted octanol–water partition coefficient (Wildman–Crippen LogP) is -0.704. The summed E-state index contributed by atoms with van der Waals surface area (Å²) in [5.41, 5.74) is 4.51. The van der Waals surface area contributed by atoms with E-state index in [9.17, 15) is 14.4 Å². The summed E-state index contributed by atoms with van der Waals surface area (Å²) in [6.07, 6.45) is 0. The zero-order valence-corrected chi connectivity index (χ0v) is 12.1. The van der Waals surface area contributed by atoms with Crippen LogP contribution >= 0.6 is 0 Å². The van der Waals surface area contributed by atoms with E-state index in [1.54, 1.807) is 20.8 Å². The van der Waals surface area contributed by atoms with Crippen molar-refractivity contribution >= 4 is 17.8 Å². The average molecular weight is 273 g/mol. The van der Waals surface area contributed by atoms with Gasteiger partial charge in [0.05, 0.1) is 6.54 Å². The molecule has 0 saturated carbocycles. The van der Waals surface area contributed by atoms with Crippen molar-refractivity contribution in [3.05, 3.63) is 0 Å². The fourth-order valence-corrected chi connectivity index (χ4v) is 1.15. The first-order chi connectivity index (χ1) is 8.56. The highest BCUT2D eigenvalue weighted by molar-refractivity contribution is 5.90. The van der Waals surface area contributed by atoms with Crippen molar-refractivity contribution in [3.63, 3.8) is 0 Å². The molecule has 0 bridgehead atoms. The van der Waals surface area contributed by atoms with Crippen molar-refractivity contribution in [1.82, 2.24) is 10.6 Å². The third-order valence-electron chi connectivity index (χ3n) is 2.08. The molecule has 0 radical (unpaired) electrons. The van der Waals surface area contributed by atoms with Crippen molar-refractivity contribution in [2.45, 2.75) is 52.3 Å². The number of carbonyl (C=O) groups is 3. The van der Waals surface area contributed by atoms with Crippen LogP contribution in [0.15, 0.2) is 0 Å². The molecule has 4 N–H and O–H groups in total. The summed E-state index contributed by atoms with van der Waals surface area (Å²) in [6.45, 7) is 8.05. The highest BCUT2D eigenvalue weighted by atomic mass is 16.6. The molecule has 2 amide bonds. The zero-order chi connectivity index (χ0) is 15.2. The molecule has 0 aromatic carbocycles. The molecular weight excluding hydrogens is 250 g/mol. The van der Waals surface area contributed by atoms with E-state index in [1.165, 1.54) is 13.8 Å². The molecule has 2 atom stereocenters. The van der Waals surface area contributed by atoms with Gasteiger partial charge in [0.1, 0.15) is 17.7 Å². The molecule has 0 aromatic rings. The number of esters is 1. The number of amides is 2. The lowest BCUT2D eigenvalue weighted by molar-refractivity contribution is -0.158. The van der Waals surface area contributed by atoms with Crippen LogP contribution in [-0.4, -0.2) is 42.0 Å². The van der Waals surface area contributed by atoms with Gasteiger partial charge in [0.15, 0.2) is 0 Å². The van der Waals surface area contributed by atoms with Crippen LogP contribution in [0.25, 0.3) is 0 Å². The van der Waals surface area contributed by atoms with Crippen LogP contribution in [0.4, 0.5) is 0 Å². The van der Waals surface area contributed by atoms with E-state index >= 15 is 0 Å². The van der Waals surface area contributed by atoms with Crippen molar-refractivity contribution < 1.29 is 19.1 Å². The van der Waals surface area contributed by atoms with Gasteiger partial charge in [0.2, 0.25) is 11.8 Å². The largest absolute Gasteiger partial charge is 0.458 e. The Hall–Kier alpha value is -1.63. The van der Waals surface area contributed by atoms with Crippen LogP contribution in [-0.2, 0) is 19.1 Å². The molecule has 7 nitrogen and oxygen atoms in total. The summed E-state index contributed by atoms with van der Waals surface area (Å²) in [7, 11) is 0. The summed E-state index contributed by atoms with van der Waals surface area (Å²) < 4.78 is 5.12. The molecule has 0 aliphatic rings. The minimum atomic E-state index is -0.788. The van der Waals surface area contributed by atoms with Crippen LogP contribution in [0.1, 0.15) is 34.6 Å². The SMILES string of the molecule is C[C@@H](NC(=O)CN)C(=O)N[C@H](C)C(=O)OC(C)(C)C. The third kappa shape index (κ3) is 7.40. The number of rotatable bonds is 5. The molecule has 0 spiro atoms. The molecule has 0 unspecified atom stereocenters. The van der Waals surface area contributed by atoms with E-state index in [4.69, 9.17) is 10.5 Å². The number of carbonyl (C=O) groups excluding carboxylic acids is 3. The van der Waals surface area contributed by atoms with Gasteiger partial charge in [-0.3, -0.25) is 9.59 Å². The molecule has 7 heteroatoms. The summed E-state index contributed by atoms with van der Waals surface area (Å²) in [5, 5.41) is 4.86. The Morgan fingerprint density at radius 2 is 1.63 bits per heavy atom. The molecule has 0 fully saturated rings. The maximum atomic E-state index is 11.7. The van der Waals surface area contributed by atoms with Crippen molar-refractivity contribution in [2.75, 3.05) is 6.54 Å². The molecule has 0 aromatic heterocycles. The van der Waals surface area contributed by atoms with E-state index in [0.29, 0.717) is 0 Å². The second kappa shape index (κ2) is 7.08. The first kappa shape index (κ1) is 17.4. The third-order valence-corrected chi connectivity index (χ3v) is 2.08. The quantitative estimate of drug-likeness (QED) is 0.573. The second-order valence-electron chi connectivity index (χ2n) is 5.26. The minimum Gasteiger partial charge on any atom is -0.458 e. The fourth-order valence-electron chi connectivity index (χ4n) is 1.15. The van der Waals surface area contributed by atoms with Gasteiger partial charge < -0.3 is 21.1 Å². The Morgan fingerprint density at radius 3 is 2.05 bits per heavy atom. The van der Waals surface area contributed by atoms with E-state index in [0.717, 1.165) is 0 Å².